The first-order valence-corrected chi connectivity index (χ1v) is 7.85. The SMILES string of the molecule is c1ccc2c(OCCOc3ncnc4ccccc34)cccc2c1. The Morgan fingerprint density at radius 1 is 0.667 bits per heavy atom. The van der Waals surface area contributed by atoms with Crippen molar-refractivity contribution < 1.29 is 9.47 Å². The van der Waals surface area contributed by atoms with Crippen LogP contribution in [0, 0.1) is 0 Å². The summed E-state index contributed by atoms with van der Waals surface area (Å²) in [7, 11) is 0. The fourth-order valence-corrected chi connectivity index (χ4v) is 2.71. The van der Waals surface area contributed by atoms with Gasteiger partial charge in [0, 0.05) is 5.39 Å². The maximum absolute atomic E-state index is 5.88. The van der Waals surface area contributed by atoms with Gasteiger partial charge in [0.2, 0.25) is 5.88 Å². The van der Waals surface area contributed by atoms with E-state index in [0.717, 1.165) is 27.4 Å². The number of para-hydroxylation sites is 1. The highest BCUT2D eigenvalue weighted by atomic mass is 16.5. The molecule has 0 radical (unpaired) electrons. The van der Waals surface area contributed by atoms with Gasteiger partial charge in [0.1, 0.15) is 25.3 Å². The fraction of sp³-hybridized carbons (Fsp3) is 0.100. The van der Waals surface area contributed by atoms with Crippen LogP contribution in [0.3, 0.4) is 0 Å². The van der Waals surface area contributed by atoms with Crippen LogP contribution in [0.4, 0.5) is 0 Å². The molecule has 0 amide bonds. The zero-order valence-electron chi connectivity index (χ0n) is 13.1. The van der Waals surface area contributed by atoms with Gasteiger partial charge in [0.15, 0.2) is 0 Å². The van der Waals surface area contributed by atoms with E-state index in [0.29, 0.717) is 19.1 Å². The van der Waals surface area contributed by atoms with Crippen LogP contribution in [0.15, 0.2) is 73.1 Å². The molecule has 118 valence electrons. The quantitative estimate of drug-likeness (QED) is 0.517. The highest BCUT2D eigenvalue weighted by Gasteiger charge is 2.05. The minimum absolute atomic E-state index is 0.421. The molecule has 24 heavy (non-hydrogen) atoms. The van der Waals surface area contributed by atoms with Crippen molar-refractivity contribution in [1.29, 1.82) is 0 Å². The lowest BCUT2D eigenvalue weighted by Gasteiger charge is -2.11. The van der Waals surface area contributed by atoms with Gasteiger partial charge in [-0.3, -0.25) is 0 Å². The van der Waals surface area contributed by atoms with Crippen LogP contribution in [0.2, 0.25) is 0 Å². The second kappa shape index (κ2) is 6.54. The molecule has 0 saturated carbocycles. The molecule has 4 rings (SSSR count). The van der Waals surface area contributed by atoms with Gasteiger partial charge in [-0.1, -0.05) is 48.5 Å². The molecule has 0 saturated heterocycles. The van der Waals surface area contributed by atoms with Crippen molar-refractivity contribution in [3.8, 4) is 11.6 Å². The third-order valence-electron chi connectivity index (χ3n) is 3.84. The monoisotopic (exact) mass is 316 g/mol. The maximum Gasteiger partial charge on any atom is 0.224 e. The fourth-order valence-electron chi connectivity index (χ4n) is 2.71. The topological polar surface area (TPSA) is 44.2 Å². The molecule has 0 fully saturated rings. The Balaban J connectivity index is 1.44. The first-order valence-electron chi connectivity index (χ1n) is 7.85. The number of benzene rings is 3. The second-order valence-electron chi connectivity index (χ2n) is 5.37. The number of aromatic nitrogens is 2. The van der Waals surface area contributed by atoms with Crippen molar-refractivity contribution in [3.05, 3.63) is 73.1 Å². The minimum Gasteiger partial charge on any atom is -0.489 e. The normalized spacial score (nSPS) is 10.8. The maximum atomic E-state index is 5.88. The van der Waals surface area contributed by atoms with E-state index in [2.05, 4.69) is 28.2 Å². The summed E-state index contributed by atoms with van der Waals surface area (Å²) in [6, 6.07) is 22.0. The van der Waals surface area contributed by atoms with Gasteiger partial charge < -0.3 is 9.47 Å². The molecular formula is C20H16N2O2. The number of rotatable bonds is 5. The van der Waals surface area contributed by atoms with Crippen molar-refractivity contribution in [3.63, 3.8) is 0 Å². The molecule has 4 heteroatoms. The van der Waals surface area contributed by atoms with Crippen LogP contribution in [0.25, 0.3) is 21.7 Å². The third-order valence-corrected chi connectivity index (χ3v) is 3.84. The Morgan fingerprint density at radius 2 is 1.42 bits per heavy atom. The van der Waals surface area contributed by atoms with Crippen LogP contribution in [-0.4, -0.2) is 23.2 Å². The number of fused-ring (bicyclic) bond motifs is 2. The van der Waals surface area contributed by atoms with E-state index in [9.17, 15) is 0 Å². The summed E-state index contributed by atoms with van der Waals surface area (Å²) in [5, 5.41) is 3.18. The lowest BCUT2D eigenvalue weighted by atomic mass is 10.1. The summed E-state index contributed by atoms with van der Waals surface area (Å²) < 4.78 is 11.7. The molecule has 0 unspecified atom stereocenters. The van der Waals surface area contributed by atoms with Crippen LogP contribution < -0.4 is 9.47 Å². The zero-order chi connectivity index (χ0) is 16.2. The largest absolute Gasteiger partial charge is 0.489 e. The summed E-state index contributed by atoms with van der Waals surface area (Å²) in [6.07, 6.45) is 1.52. The zero-order valence-corrected chi connectivity index (χ0v) is 13.1. The molecule has 1 heterocycles. The molecule has 4 nitrogen and oxygen atoms in total. The Labute approximate surface area is 139 Å². The molecule has 0 aliphatic heterocycles. The Bertz CT molecular complexity index is 893. The van der Waals surface area contributed by atoms with Crippen molar-refractivity contribution in [1.82, 2.24) is 9.97 Å². The predicted octanol–water partition coefficient (Wildman–Crippen LogP) is 4.24. The first kappa shape index (κ1) is 14.5. The van der Waals surface area contributed by atoms with Gasteiger partial charge >= 0.3 is 0 Å². The predicted molar refractivity (Wildman–Crippen MR) is 94.5 cm³/mol. The summed E-state index contributed by atoms with van der Waals surface area (Å²) in [4.78, 5) is 8.44. The Morgan fingerprint density at radius 3 is 2.38 bits per heavy atom. The van der Waals surface area contributed by atoms with E-state index in [4.69, 9.17) is 9.47 Å². The van der Waals surface area contributed by atoms with Gasteiger partial charge in [-0.15, -0.1) is 0 Å². The lowest BCUT2D eigenvalue weighted by molar-refractivity contribution is 0.215. The summed E-state index contributed by atoms with van der Waals surface area (Å²) in [6.45, 7) is 0.872. The van der Waals surface area contributed by atoms with E-state index in [1.54, 1.807) is 0 Å². The molecule has 3 aromatic carbocycles. The Hall–Kier alpha value is -3.14. The number of nitrogens with zero attached hydrogens (tertiary/aromatic N) is 2. The Kier molecular flexibility index (Phi) is 3.94. The molecule has 0 spiro atoms. The molecule has 4 aromatic rings. The van der Waals surface area contributed by atoms with Crippen molar-refractivity contribution >= 4 is 21.7 Å². The summed E-state index contributed by atoms with van der Waals surface area (Å²) in [5.41, 5.74) is 0.873. The highest BCUT2D eigenvalue weighted by Crippen LogP contribution is 2.25. The van der Waals surface area contributed by atoms with Crippen LogP contribution >= 0.6 is 0 Å². The molecular weight excluding hydrogens is 300 g/mol. The molecule has 0 N–H and O–H groups in total. The summed E-state index contributed by atoms with van der Waals surface area (Å²) >= 11 is 0. The number of ether oxygens (including phenoxy) is 2. The average Bonchev–Trinajstić information content (AvgIpc) is 2.65. The van der Waals surface area contributed by atoms with E-state index in [1.807, 2.05) is 48.5 Å². The minimum atomic E-state index is 0.421. The smallest absolute Gasteiger partial charge is 0.224 e. The molecule has 0 aliphatic rings. The van der Waals surface area contributed by atoms with Gasteiger partial charge in [-0.2, -0.15) is 0 Å². The van der Waals surface area contributed by atoms with Crippen LogP contribution in [0.1, 0.15) is 0 Å². The van der Waals surface area contributed by atoms with Crippen molar-refractivity contribution in [2.24, 2.45) is 0 Å². The van der Waals surface area contributed by atoms with Gasteiger partial charge in [0.25, 0.3) is 0 Å². The lowest BCUT2D eigenvalue weighted by Crippen LogP contribution is -2.10. The van der Waals surface area contributed by atoms with E-state index in [-0.39, 0.29) is 0 Å². The standard InChI is InChI=1S/C20H16N2O2/c1-2-8-16-15(6-1)7-5-11-19(16)23-12-13-24-20-17-9-3-4-10-18(17)21-14-22-20/h1-11,14H,12-13H2. The van der Waals surface area contributed by atoms with E-state index in [1.165, 1.54) is 6.33 Å². The van der Waals surface area contributed by atoms with E-state index >= 15 is 0 Å². The molecule has 0 atom stereocenters. The molecule has 0 bridgehead atoms. The van der Waals surface area contributed by atoms with Gasteiger partial charge in [-0.25, -0.2) is 9.97 Å². The third kappa shape index (κ3) is 2.86. The van der Waals surface area contributed by atoms with Crippen LogP contribution in [-0.2, 0) is 0 Å². The van der Waals surface area contributed by atoms with Crippen molar-refractivity contribution in [2.75, 3.05) is 13.2 Å². The molecule has 0 aliphatic carbocycles. The second-order valence-corrected chi connectivity index (χ2v) is 5.37. The summed E-state index contributed by atoms with van der Waals surface area (Å²) in [5.74, 6) is 1.45. The average molecular weight is 316 g/mol. The van der Waals surface area contributed by atoms with Gasteiger partial charge in [0.05, 0.1) is 10.9 Å². The van der Waals surface area contributed by atoms with Crippen LogP contribution in [0.5, 0.6) is 11.6 Å². The number of hydrogen-bond acceptors (Lipinski definition) is 4. The van der Waals surface area contributed by atoms with Gasteiger partial charge in [-0.05, 0) is 23.6 Å². The highest BCUT2D eigenvalue weighted by molar-refractivity contribution is 5.88. The first-order chi connectivity index (χ1) is 11.9. The van der Waals surface area contributed by atoms with Crippen molar-refractivity contribution in [2.45, 2.75) is 0 Å². The van der Waals surface area contributed by atoms with E-state index < -0.39 is 0 Å². The number of hydrogen-bond donors (Lipinski definition) is 0. The molecule has 1 aromatic heterocycles.